The zero-order valence-corrected chi connectivity index (χ0v) is 20.3. The van der Waals surface area contributed by atoms with Gasteiger partial charge in [-0.1, -0.05) is 0 Å². The number of nitrogens with one attached hydrogen (secondary N) is 2. The minimum absolute atomic E-state index is 0.138. The zero-order valence-electron chi connectivity index (χ0n) is 20.3. The molecule has 4 aromatic rings. The summed E-state index contributed by atoms with van der Waals surface area (Å²) in [6.07, 6.45) is 4.93. The maximum atomic E-state index is 11.6. The van der Waals surface area contributed by atoms with Crippen molar-refractivity contribution >= 4 is 34.1 Å². The first-order valence-electron chi connectivity index (χ1n) is 10.9. The molecular formula is C25H27N7O3. The van der Waals surface area contributed by atoms with E-state index in [0.717, 1.165) is 22.2 Å². The van der Waals surface area contributed by atoms with Gasteiger partial charge in [0.2, 0.25) is 17.7 Å². The third-order valence-corrected chi connectivity index (χ3v) is 5.05. The van der Waals surface area contributed by atoms with Crippen molar-refractivity contribution in [2.75, 3.05) is 38.9 Å². The molecule has 35 heavy (non-hydrogen) atoms. The van der Waals surface area contributed by atoms with Crippen LogP contribution in [0, 0.1) is 0 Å². The average Bonchev–Trinajstić information content (AvgIpc) is 2.82. The Kier molecular flexibility index (Phi) is 7.02. The Morgan fingerprint density at radius 2 is 1.77 bits per heavy atom. The molecule has 2 aromatic heterocycles. The van der Waals surface area contributed by atoms with E-state index >= 15 is 0 Å². The van der Waals surface area contributed by atoms with Gasteiger partial charge < -0.3 is 25.0 Å². The smallest absolute Gasteiger partial charge is 0.232 e. The molecule has 0 saturated carbocycles. The fourth-order valence-corrected chi connectivity index (χ4v) is 3.69. The maximum Gasteiger partial charge on any atom is 0.232 e. The molecule has 0 unspecified atom stereocenters. The second kappa shape index (κ2) is 10.3. The van der Waals surface area contributed by atoms with Crippen LogP contribution in [0.15, 0.2) is 48.9 Å². The predicted octanol–water partition coefficient (Wildman–Crippen LogP) is 3.87. The fraction of sp³-hybridized carbons (Fsp3) is 0.240. The van der Waals surface area contributed by atoms with Crippen LogP contribution < -0.4 is 20.1 Å². The van der Waals surface area contributed by atoms with E-state index in [1.54, 1.807) is 32.8 Å². The van der Waals surface area contributed by atoms with Crippen LogP contribution in [0.2, 0.25) is 0 Å². The Bertz CT molecular complexity index is 1370. The second-order valence-electron chi connectivity index (χ2n) is 8.22. The van der Waals surface area contributed by atoms with E-state index in [9.17, 15) is 4.79 Å². The summed E-state index contributed by atoms with van der Waals surface area (Å²) < 4.78 is 10.8. The van der Waals surface area contributed by atoms with Crippen LogP contribution in [0.1, 0.15) is 12.5 Å². The summed E-state index contributed by atoms with van der Waals surface area (Å²) in [4.78, 5) is 31.5. The number of amides is 1. The lowest BCUT2D eigenvalue weighted by molar-refractivity contribution is -0.114. The number of aromatic nitrogens is 4. The normalized spacial score (nSPS) is 10.9. The summed E-state index contributed by atoms with van der Waals surface area (Å²) in [6, 6.07) is 9.57. The van der Waals surface area contributed by atoms with Crippen molar-refractivity contribution in [1.82, 2.24) is 24.8 Å². The Hall–Kier alpha value is -4.31. The molecule has 0 saturated heterocycles. The molecule has 0 atom stereocenters. The monoisotopic (exact) mass is 473 g/mol. The van der Waals surface area contributed by atoms with Crippen LogP contribution in [0.25, 0.3) is 22.2 Å². The highest BCUT2D eigenvalue weighted by molar-refractivity contribution is 5.91. The number of rotatable bonds is 8. The van der Waals surface area contributed by atoms with E-state index in [2.05, 4.69) is 35.5 Å². The van der Waals surface area contributed by atoms with E-state index in [4.69, 9.17) is 9.47 Å². The molecule has 10 heteroatoms. The molecule has 0 spiro atoms. The number of ether oxygens (including phenoxy) is 2. The molecule has 0 radical (unpaired) electrons. The predicted molar refractivity (Wildman–Crippen MR) is 135 cm³/mol. The lowest BCUT2D eigenvalue weighted by Gasteiger charge is -2.15. The van der Waals surface area contributed by atoms with Crippen LogP contribution in [0.5, 0.6) is 11.6 Å². The third kappa shape index (κ3) is 5.79. The molecule has 0 aliphatic heterocycles. The molecule has 0 bridgehead atoms. The van der Waals surface area contributed by atoms with Crippen LogP contribution >= 0.6 is 0 Å². The first kappa shape index (κ1) is 23.8. The van der Waals surface area contributed by atoms with Gasteiger partial charge in [0, 0.05) is 42.0 Å². The Labute approximate surface area is 203 Å². The van der Waals surface area contributed by atoms with Gasteiger partial charge in [-0.25, -0.2) is 15.0 Å². The van der Waals surface area contributed by atoms with E-state index in [1.807, 2.05) is 44.4 Å². The van der Waals surface area contributed by atoms with E-state index in [-0.39, 0.29) is 5.91 Å². The highest BCUT2D eigenvalue weighted by Crippen LogP contribution is 2.32. The Balaban J connectivity index is 1.70. The molecule has 0 aliphatic rings. The summed E-state index contributed by atoms with van der Waals surface area (Å²) in [6.45, 7) is 2.19. The van der Waals surface area contributed by atoms with Crippen molar-refractivity contribution in [3.05, 3.63) is 54.5 Å². The number of nitrogens with zero attached hydrogens (tertiary/aromatic N) is 5. The van der Waals surface area contributed by atoms with Crippen LogP contribution in [0.4, 0.5) is 17.3 Å². The lowest BCUT2D eigenvalue weighted by atomic mass is 10.1. The van der Waals surface area contributed by atoms with E-state index in [1.165, 1.54) is 6.92 Å². The van der Waals surface area contributed by atoms with Gasteiger partial charge in [-0.15, -0.1) is 0 Å². The van der Waals surface area contributed by atoms with Crippen molar-refractivity contribution in [2.24, 2.45) is 0 Å². The first-order valence-corrected chi connectivity index (χ1v) is 10.9. The van der Waals surface area contributed by atoms with Gasteiger partial charge in [0.25, 0.3) is 0 Å². The second-order valence-corrected chi connectivity index (χ2v) is 8.22. The zero-order chi connectivity index (χ0) is 24.9. The number of hydrogen-bond donors (Lipinski definition) is 2. The van der Waals surface area contributed by atoms with Gasteiger partial charge in [0.05, 0.1) is 32.3 Å². The SMILES string of the molecule is COc1cncc(-c2cc(OC)c3nc(Nc4cc(CN(C)C)cc(NC(C)=O)c4)ncc3c2)n1. The number of anilines is 3. The van der Waals surface area contributed by atoms with Crippen molar-refractivity contribution < 1.29 is 14.3 Å². The number of carbonyl (C=O) groups excluding carboxylic acids is 1. The van der Waals surface area contributed by atoms with Crippen molar-refractivity contribution in [3.8, 4) is 22.9 Å². The maximum absolute atomic E-state index is 11.6. The number of fused-ring (bicyclic) bond motifs is 1. The average molecular weight is 474 g/mol. The highest BCUT2D eigenvalue weighted by atomic mass is 16.5. The summed E-state index contributed by atoms with van der Waals surface area (Å²) in [5, 5.41) is 6.88. The van der Waals surface area contributed by atoms with Crippen LogP contribution in [-0.2, 0) is 11.3 Å². The third-order valence-electron chi connectivity index (χ3n) is 5.05. The van der Waals surface area contributed by atoms with Gasteiger partial charge in [-0.3, -0.25) is 9.78 Å². The minimum Gasteiger partial charge on any atom is -0.494 e. The molecule has 0 fully saturated rings. The summed E-state index contributed by atoms with van der Waals surface area (Å²) >= 11 is 0. The van der Waals surface area contributed by atoms with E-state index in [0.29, 0.717) is 41.0 Å². The van der Waals surface area contributed by atoms with Gasteiger partial charge in [-0.05, 0) is 50.0 Å². The molecule has 1 amide bonds. The fourth-order valence-electron chi connectivity index (χ4n) is 3.69. The molecular weight excluding hydrogens is 446 g/mol. The number of methoxy groups -OCH3 is 2. The van der Waals surface area contributed by atoms with Gasteiger partial charge >= 0.3 is 0 Å². The van der Waals surface area contributed by atoms with Crippen molar-refractivity contribution in [2.45, 2.75) is 13.5 Å². The van der Waals surface area contributed by atoms with E-state index < -0.39 is 0 Å². The molecule has 4 rings (SSSR count). The Morgan fingerprint density at radius 3 is 2.49 bits per heavy atom. The van der Waals surface area contributed by atoms with Crippen molar-refractivity contribution in [3.63, 3.8) is 0 Å². The largest absolute Gasteiger partial charge is 0.494 e. The minimum atomic E-state index is -0.138. The van der Waals surface area contributed by atoms with Gasteiger partial charge in [0.15, 0.2) is 0 Å². The quantitative estimate of drug-likeness (QED) is 0.393. The van der Waals surface area contributed by atoms with Gasteiger partial charge in [0.1, 0.15) is 11.3 Å². The first-order chi connectivity index (χ1) is 16.8. The molecule has 2 heterocycles. The lowest BCUT2D eigenvalue weighted by Crippen LogP contribution is -2.12. The van der Waals surface area contributed by atoms with Gasteiger partial charge in [-0.2, -0.15) is 0 Å². The van der Waals surface area contributed by atoms with Crippen LogP contribution in [-0.4, -0.2) is 59.1 Å². The molecule has 2 aromatic carbocycles. The summed E-state index contributed by atoms with van der Waals surface area (Å²) in [5.41, 5.74) is 4.59. The number of benzene rings is 2. The van der Waals surface area contributed by atoms with Crippen molar-refractivity contribution in [1.29, 1.82) is 0 Å². The summed E-state index contributed by atoms with van der Waals surface area (Å²) in [7, 11) is 7.12. The molecule has 2 N–H and O–H groups in total. The number of hydrogen-bond acceptors (Lipinski definition) is 9. The molecule has 0 aliphatic carbocycles. The van der Waals surface area contributed by atoms with Crippen LogP contribution in [0.3, 0.4) is 0 Å². The molecule has 10 nitrogen and oxygen atoms in total. The standard InChI is InChI=1S/C25H27N7O3/c1-15(33)28-19-6-16(14-32(2)3)7-20(10-19)29-25-27-11-18-8-17(9-22(34-4)24(18)31-25)21-12-26-13-23(30-21)35-5/h6-13H,14H2,1-5H3,(H,28,33)(H,27,29,31). The highest BCUT2D eigenvalue weighted by Gasteiger charge is 2.12. The molecule has 180 valence electrons. The Morgan fingerprint density at radius 1 is 0.971 bits per heavy atom. The topological polar surface area (TPSA) is 114 Å². The number of carbonyl (C=O) groups is 1. The summed E-state index contributed by atoms with van der Waals surface area (Å²) in [5.74, 6) is 1.27.